The Bertz CT molecular complexity index is 667. The molecule has 1 fully saturated rings. The molecule has 1 saturated heterocycles. The standard InChI is InChI=1S/C18H26N4/c1-14-19-17-7-3-4-8-18(17)22(14)16-9-11-21(13-16)12-15-6-5-10-20(15)2/h5-6,10,16H,3-4,7-9,11-13H2,1-2H3/t16-/m1/s1. The molecule has 4 rings (SSSR count). The fraction of sp³-hybridized carbons (Fsp3) is 0.611. The van der Waals surface area contributed by atoms with Crippen LogP contribution in [0.15, 0.2) is 18.3 Å². The molecule has 1 aliphatic carbocycles. The maximum absolute atomic E-state index is 4.85. The molecule has 1 aliphatic heterocycles. The third kappa shape index (κ3) is 2.39. The van der Waals surface area contributed by atoms with Crippen LogP contribution in [-0.2, 0) is 26.4 Å². The zero-order valence-corrected chi connectivity index (χ0v) is 13.8. The normalized spacial score (nSPS) is 22.2. The monoisotopic (exact) mass is 298 g/mol. The maximum Gasteiger partial charge on any atom is 0.106 e. The number of fused-ring (bicyclic) bond motifs is 1. The predicted octanol–water partition coefficient (Wildman–Crippen LogP) is 2.86. The summed E-state index contributed by atoms with van der Waals surface area (Å²) in [6.07, 6.45) is 8.45. The topological polar surface area (TPSA) is 26.0 Å². The molecule has 2 aliphatic rings. The van der Waals surface area contributed by atoms with Crippen LogP contribution in [0.3, 0.4) is 0 Å². The smallest absolute Gasteiger partial charge is 0.106 e. The molecule has 118 valence electrons. The molecule has 0 N–H and O–H groups in total. The van der Waals surface area contributed by atoms with Crippen LogP contribution in [0.25, 0.3) is 0 Å². The number of rotatable bonds is 3. The summed E-state index contributed by atoms with van der Waals surface area (Å²) < 4.78 is 4.80. The van der Waals surface area contributed by atoms with Crippen molar-refractivity contribution < 1.29 is 0 Å². The first kappa shape index (κ1) is 14.1. The lowest BCUT2D eigenvalue weighted by Gasteiger charge is -2.21. The van der Waals surface area contributed by atoms with Gasteiger partial charge >= 0.3 is 0 Å². The van der Waals surface area contributed by atoms with Crippen LogP contribution in [0.5, 0.6) is 0 Å². The Balaban J connectivity index is 1.51. The number of hydrogen-bond donors (Lipinski definition) is 0. The number of imidazole rings is 1. The number of nitrogens with zero attached hydrogens (tertiary/aromatic N) is 4. The van der Waals surface area contributed by atoms with E-state index in [9.17, 15) is 0 Å². The average molecular weight is 298 g/mol. The summed E-state index contributed by atoms with van der Waals surface area (Å²) in [6.45, 7) is 5.62. The van der Waals surface area contributed by atoms with Crippen LogP contribution in [0.2, 0.25) is 0 Å². The zero-order chi connectivity index (χ0) is 15.1. The Kier molecular flexibility index (Phi) is 3.57. The third-order valence-corrected chi connectivity index (χ3v) is 5.40. The maximum atomic E-state index is 4.85. The van der Waals surface area contributed by atoms with Crippen LogP contribution in [0.1, 0.15) is 48.2 Å². The van der Waals surface area contributed by atoms with Gasteiger partial charge in [-0.3, -0.25) is 4.90 Å². The van der Waals surface area contributed by atoms with E-state index in [0.717, 1.165) is 13.1 Å². The lowest BCUT2D eigenvalue weighted by atomic mass is 10.0. The number of aryl methyl sites for hydroxylation is 3. The van der Waals surface area contributed by atoms with Gasteiger partial charge in [0.1, 0.15) is 5.82 Å². The van der Waals surface area contributed by atoms with Crippen molar-refractivity contribution in [1.29, 1.82) is 0 Å². The second-order valence-corrected chi connectivity index (χ2v) is 6.92. The fourth-order valence-corrected chi connectivity index (χ4v) is 4.24. The van der Waals surface area contributed by atoms with Gasteiger partial charge in [-0.25, -0.2) is 4.98 Å². The van der Waals surface area contributed by atoms with Crippen LogP contribution >= 0.6 is 0 Å². The van der Waals surface area contributed by atoms with Gasteiger partial charge in [0, 0.05) is 50.3 Å². The van der Waals surface area contributed by atoms with E-state index in [1.165, 1.54) is 61.6 Å². The largest absolute Gasteiger partial charge is 0.353 e. The van der Waals surface area contributed by atoms with Crippen molar-refractivity contribution in [3.8, 4) is 0 Å². The molecule has 4 heteroatoms. The van der Waals surface area contributed by atoms with Crippen LogP contribution < -0.4 is 0 Å². The van der Waals surface area contributed by atoms with Gasteiger partial charge in [-0.05, 0) is 51.2 Å². The Morgan fingerprint density at radius 1 is 1.27 bits per heavy atom. The zero-order valence-electron chi connectivity index (χ0n) is 13.8. The molecule has 0 amide bonds. The van der Waals surface area contributed by atoms with E-state index >= 15 is 0 Å². The Morgan fingerprint density at radius 2 is 2.14 bits per heavy atom. The van der Waals surface area contributed by atoms with E-state index in [2.05, 4.69) is 46.3 Å². The molecule has 4 nitrogen and oxygen atoms in total. The molecule has 22 heavy (non-hydrogen) atoms. The van der Waals surface area contributed by atoms with Crippen molar-refractivity contribution >= 4 is 0 Å². The highest BCUT2D eigenvalue weighted by atomic mass is 15.2. The van der Waals surface area contributed by atoms with E-state index in [1.54, 1.807) is 0 Å². The summed E-state index contributed by atoms with van der Waals surface area (Å²) in [5.74, 6) is 1.23. The summed E-state index contributed by atoms with van der Waals surface area (Å²) in [5, 5.41) is 0. The van der Waals surface area contributed by atoms with Gasteiger partial charge in [0.15, 0.2) is 0 Å². The van der Waals surface area contributed by atoms with Crippen molar-refractivity contribution in [1.82, 2.24) is 19.0 Å². The number of aromatic nitrogens is 3. The molecule has 0 aromatic carbocycles. The summed E-state index contributed by atoms with van der Waals surface area (Å²) in [4.78, 5) is 7.44. The van der Waals surface area contributed by atoms with Crippen molar-refractivity contribution in [2.75, 3.05) is 13.1 Å². The molecular formula is C18H26N4. The fourth-order valence-electron chi connectivity index (χ4n) is 4.24. The van der Waals surface area contributed by atoms with Gasteiger partial charge in [0.05, 0.1) is 5.69 Å². The minimum atomic E-state index is 0.620. The highest BCUT2D eigenvalue weighted by Crippen LogP contribution is 2.30. The van der Waals surface area contributed by atoms with Crippen LogP contribution in [0.4, 0.5) is 0 Å². The SMILES string of the molecule is Cc1nc2c(n1[C@@H]1CCN(Cc3cccn3C)C1)CCCC2. The lowest BCUT2D eigenvalue weighted by Crippen LogP contribution is -2.23. The van der Waals surface area contributed by atoms with Crippen molar-refractivity contribution in [2.24, 2.45) is 7.05 Å². The van der Waals surface area contributed by atoms with E-state index in [1.807, 2.05) is 0 Å². The third-order valence-electron chi connectivity index (χ3n) is 5.40. The van der Waals surface area contributed by atoms with Gasteiger partial charge in [0.2, 0.25) is 0 Å². The summed E-state index contributed by atoms with van der Waals surface area (Å²) in [5.41, 5.74) is 4.32. The van der Waals surface area contributed by atoms with Crippen molar-refractivity contribution in [2.45, 2.75) is 51.6 Å². The first-order chi connectivity index (χ1) is 10.7. The van der Waals surface area contributed by atoms with Gasteiger partial charge < -0.3 is 9.13 Å². The molecule has 0 spiro atoms. The highest BCUT2D eigenvalue weighted by molar-refractivity contribution is 5.21. The summed E-state index contributed by atoms with van der Waals surface area (Å²) in [6, 6.07) is 4.99. The van der Waals surface area contributed by atoms with Crippen LogP contribution in [0, 0.1) is 6.92 Å². The van der Waals surface area contributed by atoms with Crippen molar-refractivity contribution in [3.05, 3.63) is 41.2 Å². The number of likely N-dealkylation sites (tertiary alicyclic amines) is 1. The molecule has 3 heterocycles. The molecule has 0 radical (unpaired) electrons. The number of hydrogen-bond acceptors (Lipinski definition) is 2. The van der Waals surface area contributed by atoms with E-state index in [-0.39, 0.29) is 0 Å². The molecule has 0 saturated carbocycles. The predicted molar refractivity (Wildman–Crippen MR) is 88.0 cm³/mol. The lowest BCUT2D eigenvalue weighted by molar-refractivity contribution is 0.307. The minimum Gasteiger partial charge on any atom is -0.353 e. The minimum absolute atomic E-state index is 0.620. The highest BCUT2D eigenvalue weighted by Gasteiger charge is 2.29. The van der Waals surface area contributed by atoms with Gasteiger partial charge in [-0.2, -0.15) is 0 Å². The molecule has 2 aromatic rings. The Morgan fingerprint density at radius 3 is 2.95 bits per heavy atom. The van der Waals surface area contributed by atoms with Gasteiger partial charge in [0.25, 0.3) is 0 Å². The van der Waals surface area contributed by atoms with Gasteiger partial charge in [-0.1, -0.05) is 0 Å². The van der Waals surface area contributed by atoms with Crippen molar-refractivity contribution in [3.63, 3.8) is 0 Å². The average Bonchev–Trinajstić information content (AvgIpc) is 3.19. The molecule has 1 atom stereocenters. The molecule has 0 bridgehead atoms. The first-order valence-electron chi connectivity index (χ1n) is 8.61. The van der Waals surface area contributed by atoms with E-state index in [4.69, 9.17) is 4.98 Å². The van der Waals surface area contributed by atoms with Gasteiger partial charge in [-0.15, -0.1) is 0 Å². The Hall–Kier alpha value is -1.55. The molecule has 2 aromatic heterocycles. The summed E-state index contributed by atoms with van der Waals surface area (Å²) >= 11 is 0. The Labute approximate surface area is 132 Å². The molecule has 0 unspecified atom stereocenters. The van der Waals surface area contributed by atoms with E-state index < -0.39 is 0 Å². The summed E-state index contributed by atoms with van der Waals surface area (Å²) in [7, 11) is 2.14. The first-order valence-corrected chi connectivity index (χ1v) is 8.61. The quantitative estimate of drug-likeness (QED) is 0.871. The second-order valence-electron chi connectivity index (χ2n) is 6.92. The van der Waals surface area contributed by atoms with E-state index in [0.29, 0.717) is 6.04 Å². The van der Waals surface area contributed by atoms with Crippen LogP contribution in [-0.4, -0.2) is 32.1 Å². The second kappa shape index (κ2) is 5.58. The molecular weight excluding hydrogens is 272 g/mol.